The maximum Gasteiger partial charge on any atom is 0.234 e. The Balaban J connectivity index is 1.93. The van der Waals surface area contributed by atoms with Gasteiger partial charge in [-0.2, -0.15) is 0 Å². The number of imidazole rings is 1. The molecule has 2 rings (SSSR count). The van der Waals surface area contributed by atoms with Gasteiger partial charge in [0, 0.05) is 23.8 Å². The number of thioether (sulfide) groups is 2. The van der Waals surface area contributed by atoms with Crippen molar-refractivity contribution < 1.29 is 9.59 Å². The molecule has 1 aromatic heterocycles. The number of carbonyl (C=O) groups is 2. The number of para-hydroxylation sites is 1. The largest absolute Gasteiger partial charge is 0.369 e. The second kappa shape index (κ2) is 8.64. The van der Waals surface area contributed by atoms with E-state index in [1.54, 1.807) is 12.3 Å². The summed E-state index contributed by atoms with van der Waals surface area (Å²) in [5.41, 5.74) is 5.84. The number of amides is 2. The number of aryl methyl sites for hydroxylation is 1. The van der Waals surface area contributed by atoms with E-state index in [0.29, 0.717) is 5.69 Å². The maximum atomic E-state index is 12.1. The Morgan fingerprint density at radius 1 is 1.26 bits per heavy atom. The topological polar surface area (TPSA) is 90.0 Å². The molecule has 0 radical (unpaired) electrons. The van der Waals surface area contributed by atoms with Crippen molar-refractivity contribution in [2.24, 2.45) is 5.73 Å². The minimum Gasteiger partial charge on any atom is -0.369 e. The molecule has 0 aliphatic rings. The Hall–Kier alpha value is -1.93. The molecule has 1 heterocycles. The molecule has 0 saturated carbocycles. The van der Waals surface area contributed by atoms with E-state index in [0.717, 1.165) is 16.6 Å². The van der Waals surface area contributed by atoms with Gasteiger partial charge in [-0.3, -0.25) is 9.59 Å². The van der Waals surface area contributed by atoms with E-state index in [2.05, 4.69) is 10.3 Å². The zero-order chi connectivity index (χ0) is 16.7. The predicted molar refractivity (Wildman–Crippen MR) is 93.6 cm³/mol. The van der Waals surface area contributed by atoms with E-state index in [1.807, 2.05) is 35.9 Å². The lowest BCUT2D eigenvalue weighted by atomic mass is 10.3. The lowest BCUT2D eigenvalue weighted by Crippen LogP contribution is -2.16. The molecule has 2 amide bonds. The molecule has 23 heavy (non-hydrogen) atoms. The Bertz CT molecular complexity index is 688. The number of hydrogen-bond donors (Lipinski definition) is 2. The van der Waals surface area contributed by atoms with E-state index in [-0.39, 0.29) is 17.4 Å². The highest BCUT2D eigenvalue weighted by Crippen LogP contribution is 2.27. The van der Waals surface area contributed by atoms with Crippen LogP contribution in [0.1, 0.15) is 6.92 Å². The van der Waals surface area contributed by atoms with Crippen LogP contribution in [0, 0.1) is 0 Å². The molecule has 0 fully saturated rings. The van der Waals surface area contributed by atoms with Crippen LogP contribution in [0.3, 0.4) is 0 Å². The molecule has 3 N–H and O–H groups in total. The lowest BCUT2D eigenvalue weighted by molar-refractivity contribution is -0.115. The van der Waals surface area contributed by atoms with Crippen LogP contribution in [0.25, 0.3) is 0 Å². The number of nitrogens with two attached hydrogens (primary N) is 1. The average Bonchev–Trinajstić information content (AvgIpc) is 2.99. The number of anilines is 1. The smallest absolute Gasteiger partial charge is 0.234 e. The first kappa shape index (κ1) is 17.4. The van der Waals surface area contributed by atoms with Crippen molar-refractivity contribution in [2.45, 2.75) is 23.5 Å². The summed E-state index contributed by atoms with van der Waals surface area (Å²) in [5, 5.41) is 3.68. The van der Waals surface area contributed by atoms with E-state index in [9.17, 15) is 9.59 Å². The van der Waals surface area contributed by atoms with Crippen LogP contribution in [0.2, 0.25) is 0 Å². The first-order valence-corrected chi connectivity index (χ1v) is 9.01. The fraction of sp³-hybridized carbons (Fsp3) is 0.267. The molecule has 0 unspecified atom stereocenters. The van der Waals surface area contributed by atoms with Crippen molar-refractivity contribution in [3.05, 3.63) is 36.7 Å². The van der Waals surface area contributed by atoms with Crippen molar-refractivity contribution in [2.75, 3.05) is 16.8 Å². The second-order valence-corrected chi connectivity index (χ2v) is 6.54. The number of benzene rings is 1. The molecule has 0 atom stereocenters. The van der Waals surface area contributed by atoms with Crippen LogP contribution < -0.4 is 11.1 Å². The predicted octanol–water partition coefficient (Wildman–Crippen LogP) is 2.21. The molecule has 0 aliphatic heterocycles. The number of aromatic nitrogens is 2. The molecule has 0 saturated heterocycles. The van der Waals surface area contributed by atoms with Gasteiger partial charge in [0.05, 0.1) is 17.2 Å². The first-order valence-electron chi connectivity index (χ1n) is 7.04. The first-order chi connectivity index (χ1) is 11.1. The summed E-state index contributed by atoms with van der Waals surface area (Å²) in [7, 11) is 0. The summed E-state index contributed by atoms with van der Waals surface area (Å²) in [5.74, 6) is -0.0626. The SMILES string of the molecule is CCn1ccnc1SCC(=O)Nc1ccccc1SCC(N)=O. The zero-order valence-electron chi connectivity index (χ0n) is 12.7. The highest BCUT2D eigenvalue weighted by atomic mass is 32.2. The summed E-state index contributed by atoms with van der Waals surface area (Å²) in [6.45, 7) is 2.84. The normalized spacial score (nSPS) is 10.5. The summed E-state index contributed by atoms with van der Waals surface area (Å²) >= 11 is 2.70. The van der Waals surface area contributed by atoms with Gasteiger partial charge in [-0.25, -0.2) is 4.98 Å². The highest BCUT2D eigenvalue weighted by Gasteiger charge is 2.10. The van der Waals surface area contributed by atoms with Crippen LogP contribution in [0.15, 0.2) is 46.7 Å². The van der Waals surface area contributed by atoms with E-state index < -0.39 is 5.91 Å². The molecule has 1 aromatic carbocycles. The van der Waals surface area contributed by atoms with Crippen molar-refractivity contribution >= 4 is 41.0 Å². The minimum atomic E-state index is -0.391. The number of nitrogens with zero attached hydrogens (tertiary/aromatic N) is 2. The average molecular weight is 350 g/mol. The zero-order valence-corrected chi connectivity index (χ0v) is 14.3. The van der Waals surface area contributed by atoms with Crippen molar-refractivity contribution in [1.29, 1.82) is 0 Å². The fourth-order valence-corrected chi connectivity index (χ4v) is 3.41. The number of carbonyl (C=O) groups excluding carboxylic acids is 2. The summed E-state index contributed by atoms with van der Waals surface area (Å²) < 4.78 is 1.98. The molecule has 0 bridgehead atoms. The molecule has 2 aromatic rings. The van der Waals surface area contributed by atoms with Gasteiger partial charge in [0.2, 0.25) is 11.8 Å². The van der Waals surface area contributed by atoms with Gasteiger partial charge < -0.3 is 15.6 Å². The van der Waals surface area contributed by atoms with Crippen LogP contribution in [0.4, 0.5) is 5.69 Å². The third-order valence-electron chi connectivity index (χ3n) is 2.88. The van der Waals surface area contributed by atoms with Crippen LogP contribution in [-0.4, -0.2) is 32.9 Å². The van der Waals surface area contributed by atoms with Crippen LogP contribution in [0.5, 0.6) is 0 Å². The van der Waals surface area contributed by atoms with E-state index >= 15 is 0 Å². The number of nitrogens with one attached hydrogen (secondary N) is 1. The monoisotopic (exact) mass is 350 g/mol. The molecule has 0 spiro atoms. The molecule has 0 aliphatic carbocycles. The second-order valence-electron chi connectivity index (χ2n) is 4.58. The summed E-state index contributed by atoms with van der Waals surface area (Å²) in [6, 6.07) is 7.34. The van der Waals surface area contributed by atoms with Crippen molar-refractivity contribution in [3.8, 4) is 0 Å². The number of rotatable bonds is 8. The van der Waals surface area contributed by atoms with Gasteiger partial charge in [0.25, 0.3) is 0 Å². The fourth-order valence-electron chi connectivity index (χ4n) is 1.84. The van der Waals surface area contributed by atoms with Crippen LogP contribution in [-0.2, 0) is 16.1 Å². The van der Waals surface area contributed by atoms with E-state index in [4.69, 9.17) is 5.73 Å². The molecular formula is C15H18N4O2S2. The van der Waals surface area contributed by atoms with Gasteiger partial charge >= 0.3 is 0 Å². The van der Waals surface area contributed by atoms with Gasteiger partial charge in [0.1, 0.15) is 0 Å². The quantitative estimate of drug-likeness (QED) is 0.713. The molecular weight excluding hydrogens is 332 g/mol. The van der Waals surface area contributed by atoms with Gasteiger partial charge in [-0.05, 0) is 19.1 Å². The van der Waals surface area contributed by atoms with Gasteiger partial charge in [0.15, 0.2) is 5.16 Å². The summed E-state index contributed by atoms with van der Waals surface area (Å²) in [6.07, 6.45) is 3.61. The minimum absolute atomic E-state index is 0.118. The van der Waals surface area contributed by atoms with Crippen LogP contribution >= 0.6 is 23.5 Å². The maximum absolute atomic E-state index is 12.1. The van der Waals surface area contributed by atoms with E-state index in [1.165, 1.54) is 23.5 Å². The highest BCUT2D eigenvalue weighted by molar-refractivity contribution is 8.00. The molecule has 8 heteroatoms. The Kier molecular flexibility index (Phi) is 6.54. The lowest BCUT2D eigenvalue weighted by Gasteiger charge is -2.10. The standard InChI is InChI=1S/C15H18N4O2S2/c1-2-19-8-7-17-15(19)23-10-14(21)18-11-5-3-4-6-12(11)22-9-13(16)20/h3-8H,2,9-10H2,1H3,(H2,16,20)(H,18,21). The van der Waals surface area contributed by atoms with Gasteiger partial charge in [-0.15, -0.1) is 11.8 Å². The third kappa shape index (κ3) is 5.33. The van der Waals surface area contributed by atoms with Gasteiger partial charge in [-0.1, -0.05) is 23.9 Å². The molecule has 6 nitrogen and oxygen atoms in total. The van der Waals surface area contributed by atoms with Crippen molar-refractivity contribution in [1.82, 2.24) is 9.55 Å². The Morgan fingerprint density at radius 2 is 2.04 bits per heavy atom. The number of primary amides is 1. The molecule has 122 valence electrons. The van der Waals surface area contributed by atoms with Crippen molar-refractivity contribution in [3.63, 3.8) is 0 Å². The third-order valence-corrected chi connectivity index (χ3v) is 4.98. The Labute approximate surface area is 143 Å². The Morgan fingerprint density at radius 3 is 2.78 bits per heavy atom. The summed E-state index contributed by atoms with van der Waals surface area (Å²) in [4.78, 5) is 28.1. The number of hydrogen-bond acceptors (Lipinski definition) is 5.